The smallest absolute Gasteiger partial charge is 0.406 e. The van der Waals surface area contributed by atoms with Gasteiger partial charge in [-0.25, -0.2) is 0 Å². The second kappa shape index (κ2) is 3.63. The fourth-order valence-corrected chi connectivity index (χ4v) is 0.846. The zero-order valence-corrected chi connectivity index (χ0v) is 6.99. The predicted molar refractivity (Wildman–Crippen MR) is 38.1 cm³/mol. The molecule has 0 amide bonds. The normalized spacial score (nSPS) is 12.7. The number of alkyl halides is 6. The number of ether oxygens (including phenoxy) is 1. The van der Waals surface area contributed by atoms with Crippen LogP contribution in [-0.2, 0) is 6.18 Å². The highest BCUT2D eigenvalue weighted by Gasteiger charge is 2.33. The number of hydrogen-bond donors (Lipinski definition) is 0. The lowest BCUT2D eigenvalue weighted by Gasteiger charge is -2.10. The summed E-state index contributed by atoms with van der Waals surface area (Å²) in [6.45, 7) is 0. The van der Waals surface area contributed by atoms with Gasteiger partial charge < -0.3 is 4.74 Å². The summed E-state index contributed by atoms with van der Waals surface area (Å²) in [6, 6.07) is 2.24. The van der Waals surface area contributed by atoms with Gasteiger partial charge in [-0.3, -0.25) is 0 Å². The molecule has 7 heteroatoms. The summed E-state index contributed by atoms with van der Waals surface area (Å²) < 4.78 is 74.3. The van der Waals surface area contributed by atoms with Crippen molar-refractivity contribution in [2.45, 2.75) is 12.5 Å². The van der Waals surface area contributed by atoms with Crippen molar-refractivity contribution in [2.75, 3.05) is 0 Å². The molecular formula is C8H4F6O. The highest BCUT2D eigenvalue weighted by Crippen LogP contribution is 2.31. The van der Waals surface area contributed by atoms with E-state index in [1.54, 1.807) is 0 Å². The minimum Gasteiger partial charge on any atom is -0.406 e. The Kier molecular flexibility index (Phi) is 2.83. The van der Waals surface area contributed by atoms with E-state index in [0.29, 0.717) is 24.3 Å². The van der Waals surface area contributed by atoms with E-state index < -0.39 is 23.9 Å². The van der Waals surface area contributed by atoms with Crippen LogP contribution in [0.5, 0.6) is 5.75 Å². The lowest BCUT2D eigenvalue weighted by molar-refractivity contribution is -0.274. The van der Waals surface area contributed by atoms with Gasteiger partial charge in [0, 0.05) is 0 Å². The second-order valence-electron chi connectivity index (χ2n) is 2.57. The highest BCUT2D eigenvalue weighted by atomic mass is 19.4. The molecule has 0 unspecified atom stereocenters. The van der Waals surface area contributed by atoms with Crippen LogP contribution in [0.2, 0.25) is 0 Å². The first-order valence-electron chi connectivity index (χ1n) is 3.61. The van der Waals surface area contributed by atoms with Gasteiger partial charge in [-0.05, 0) is 24.3 Å². The molecule has 0 aliphatic rings. The van der Waals surface area contributed by atoms with Crippen molar-refractivity contribution >= 4 is 0 Å². The van der Waals surface area contributed by atoms with Crippen LogP contribution >= 0.6 is 0 Å². The summed E-state index contributed by atoms with van der Waals surface area (Å²) in [4.78, 5) is 0. The first-order valence-corrected chi connectivity index (χ1v) is 3.61. The molecule has 0 aliphatic carbocycles. The van der Waals surface area contributed by atoms with E-state index in [2.05, 4.69) is 4.74 Å². The van der Waals surface area contributed by atoms with Crippen molar-refractivity contribution in [2.24, 2.45) is 0 Å². The Balaban J connectivity index is 2.82. The van der Waals surface area contributed by atoms with Crippen molar-refractivity contribution in [3.63, 3.8) is 0 Å². The number of benzene rings is 1. The molecule has 0 fully saturated rings. The van der Waals surface area contributed by atoms with Gasteiger partial charge >= 0.3 is 12.5 Å². The van der Waals surface area contributed by atoms with Gasteiger partial charge in [0.1, 0.15) is 5.75 Å². The van der Waals surface area contributed by atoms with E-state index in [4.69, 9.17) is 0 Å². The van der Waals surface area contributed by atoms with Crippen LogP contribution in [0.3, 0.4) is 0 Å². The maximum Gasteiger partial charge on any atom is 0.573 e. The molecule has 0 aliphatic heterocycles. The Morgan fingerprint density at radius 1 is 0.800 bits per heavy atom. The minimum absolute atomic E-state index is 0.515. The van der Waals surface area contributed by atoms with E-state index in [1.807, 2.05) is 0 Å². The predicted octanol–water partition coefficient (Wildman–Crippen LogP) is 3.60. The summed E-state index contributed by atoms with van der Waals surface area (Å²) in [5.41, 5.74) is -1.03. The quantitative estimate of drug-likeness (QED) is 0.669. The Labute approximate surface area is 80.3 Å². The largest absolute Gasteiger partial charge is 0.573 e. The van der Waals surface area contributed by atoms with Crippen molar-refractivity contribution in [1.82, 2.24) is 0 Å². The first kappa shape index (κ1) is 11.7. The van der Waals surface area contributed by atoms with Crippen molar-refractivity contribution in [3.05, 3.63) is 29.8 Å². The Morgan fingerprint density at radius 3 is 1.60 bits per heavy atom. The van der Waals surface area contributed by atoms with E-state index in [9.17, 15) is 26.3 Å². The summed E-state index contributed by atoms with van der Waals surface area (Å²) in [5, 5.41) is 0. The van der Waals surface area contributed by atoms with Gasteiger partial charge in [0.2, 0.25) is 0 Å². The van der Waals surface area contributed by atoms with E-state index in [-0.39, 0.29) is 0 Å². The maximum absolute atomic E-state index is 12.0. The molecule has 1 rings (SSSR count). The monoisotopic (exact) mass is 230 g/mol. The molecule has 1 aromatic rings. The third-order valence-corrected chi connectivity index (χ3v) is 1.42. The van der Waals surface area contributed by atoms with Gasteiger partial charge in [0.25, 0.3) is 0 Å². The van der Waals surface area contributed by atoms with Crippen LogP contribution in [-0.4, -0.2) is 6.36 Å². The molecule has 0 saturated carbocycles. The highest BCUT2D eigenvalue weighted by molar-refractivity contribution is 5.28. The van der Waals surface area contributed by atoms with Crippen LogP contribution in [0.1, 0.15) is 5.56 Å². The van der Waals surface area contributed by atoms with Crippen molar-refractivity contribution in [3.8, 4) is 5.75 Å². The van der Waals surface area contributed by atoms with E-state index in [1.165, 1.54) is 0 Å². The van der Waals surface area contributed by atoms with Crippen LogP contribution in [0.15, 0.2) is 24.3 Å². The maximum atomic E-state index is 12.0. The van der Waals surface area contributed by atoms with E-state index >= 15 is 0 Å². The van der Waals surface area contributed by atoms with Gasteiger partial charge in [0.05, 0.1) is 5.56 Å². The van der Waals surface area contributed by atoms with Crippen LogP contribution in [0.4, 0.5) is 26.3 Å². The molecule has 0 N–H and O–H groups in total. The molecule has 0 aromatic heterocycles. The van der Waals surface area contributed by atoms with Gasteiger partial charge in [0.15, 0.2) is 0 Å². The molecular weight excluding hydrogens is 226 g/mol. The van der Waals surface area contributed by atoms with Gasteiger partial charge in [-0.2, -0.15) is 13.2 Å². The molecule has 0 atom stereocenters. The number of rotatable bonds is 1. The summed E-state index contributed by atoms with van der Waals surface area (Å²) in [7, 11) is 0. The molecule has 0 bridgehead atoms. The number of halogens is 6. The van der Waals surface area contributed by atoms with Gasteiger partial charge in [-0.1, -0.05) is 0 Å². The van der Waals surface area contributed by atoms with Crippen LogP contribution in [0.25, 0.3) is 0 Å². The average molecular weight is 230 g/mol. The van der Waals surface area contributed by atoms with Crippen molar-refractivity contribution < 1.29 is 31.1 Å². The lowest BCUT2D eigenvalue weighted by atomic mass is 10.2. The third kappa shape index (κ3) is 3.69. The Hall–Kier alpha value is -1.40. The molecule has 0 heterocycles. The molecule has 0 spiro atoms. The minimum atomic E-state index is -4.90. The van der Waals surface area contributed by atoms with Crippen LogP contribution in [0, 0.1) is 0 Å². The van der Waals surface area contributed by atoms with Crippen molar-refractivity contribution in [1.29, 1.82) is 0 Å². The molecule has 84 valence electrons. The fourth-order valence-electron chi connectivity index (χ4n) is 0.846. The SMILES string of the molecule is FC(F)(F)Oc1ccc(C(F)(F)F)cc1. The number of hydrogen-bond acceptors (Lipinski definition) is 1. The standard InChI is InChI=1S/C8H4F6O/c9-7(10,11)5-1-3-6(4-2-5)15-8(12,13)14/h1-4H. The summed E-state index contributed by atoms with van der Waals surface area (Å²) >= 11 is 0. The second-order valence-corrected chi connectivity index (χ2v) is 2.57. The summed E-state index contributed by atoms with van der Waals surface area (Å²) in [5.74, 6) is -0.685. The molecule has 15 heavy (non-hydrogen) atoms. The fraction of sp³-hybridized carbons (Fsp3) is 0.250. The van der Waals surface area contributed by atoms with Gasteiger partial charge in [-0.15, -0.1) is 13.2 Å². The average Bonchev–Trinajstić information content (AvgIpc) is 2.00. The molecule has 1 nitrogen and oxygen atoms in total. The first-order chi connectivity index (χ1) is 6.68. The summed E-state index contributed by atoms with van der Waals surface area (Å²) in [6.07, 6.45) is -9.48. The topological polar surface area (TPSA) is 9.23 Å². The zero-order chi connectivity index (χ0) is 11.7. The Morgan fingerprint density at radius 2 is 1.27 bits per heavy atom. The molecule has 0 radical (unpaired) electrons. The lowest BCUT2D eigenvalue weighted by Crippen LogP contribution is -2.17. The third-order valence-electron chi connectivity index (χ3n) is 1.42. The molecule has 0 saturated heterocycles. The molecule has 1 aromatic carbocycles. The Bertz CT molecular complexity index is 322. The zero-order valence-electron chi connectivity index (χ0n) is 6.99. The van der Waals surface area contributed by atoms with E-state index in [0.717, 1.165) is 0 Å². The van der Waals surface area contributed by atoms with Crippen LogP contribution < -0.4 is 4.74 Å².